The molecule has 0 saturated carbocycles. The molecular formula is C27H23N3O3S. The summed E-state index contributed by atoms with van der Waals surface area (Å²) in [6, 6.07) is 29.3. The van der Waals surface area contributed by atoms with Gasteiger partial charge in [0.05, 0.1) is 7.11 Å². The summed E-state index contributed by atoms with van der Waals surface area (Å²) < 4.78 is 5.20. The van der Waals surface area contributed by atoms with Gasteiger partial charge in [0.1, 0.15) is 16.8 Å². The highest BCUT2D eigenvalue weighted by Gasteiger charge is 2.22. The summed E-state index contributed by atoms with van der Waals surface area (Å²) in [6.07, 6.45) is 1.63. The first kappa shape index (κ1) is 23.1. The smallest absolute Gasteiger partial charge is 0.255 e. The molecule has 170 valence electrons. The fraction of sp³-hybridized carbons (Fsp3) is 0.0741. The molecule has 0 bridgehead atoms. The Labute approximate surface area is 202 Å². The number of ether oxygens (including phenoxy) is 1. The molecule has 1 atom stereocenters. The van der Waals surface area contributed by atoms with Gasteiger partial charge in [-0.1, -0.05) is 48.5 Å². The first-order chi connectivity index (χ1) is 16.6. The quantitative estimate of drug-likeness (QED) is 0.318. The Balaban J connectivity index is 1.53. The molecule has 0 aliphatic heterocycles. The molecule has 1 heterocycles. The number of amides is 2. The Hall–Kier alpha value is -4.10. The predicted octanol–water partition coefficient (Wildman–Crippen LogP) is 5.81. The molecule has 0 spiro atoms. The van der Waals surface area contributed by atoms with Crippen LogP contribution in [-0.2, 0) is 4.79 Å². The van der Waals surface area contributed by atoms with Crippen LogP contribution in [-0.4, -0.2) is 23.9 Å². The van der Waals surface area contributed by atoms with Crippen molar-refractivity contribution in [3.05, 3.63) is 114 Å². The molecule has 0 aliphatic rings. The number of methoxy groups -OCH3 is 1. The first-order valence-corrected chi connectivity index (χ1v) is 11.5. The van der Waals surface area contributed by atoms with Gasteiger partial charge in [-0.15, -0.1) is 11.8 Å². The number of anilines is 2. The minimum Gasteiger partial charge on any atom is -0.497 e. The van der Waals surface area contributed by atoms with E-state index in [4.69, 9.17) is 4.74 Å². The number of aromatic nitrogens is 1. The van der Waals surface area contributed by atoms with Gasteiger partial charge in [0.25, 0.3) is 5.91 Å². The third kappa shape index (κ3) is 6.02. The van der Waals surface area contributed by atoms with Crippen molar-refractivity contribution in [2.45, 2.75) is 10.1 Å². The van der Waals surface area contributed by atoms with Crippen LogP contribution in [0.1, 0.15) is 21.2 Å². The van der Waals surface area contributed by atoms with E-state index >= 15 is 0 Å². The van der Waals surface area contributed by atoms with E-state index in [2.05, 4.69) is 15.6 Å². The van der Waals surface area contributed by atoms with Crippen LogP contribution in [0, 0.1) is 0 Å². The molecule has 2 amide bonds. The van der Waals surface area contributed by atoms with Gasteiger partial charge in [0, 0.05) is 22.3 Å². The van der Waals surface area contributed by atoms with E-state index in [-0.39, 0.29) is 11.8 Å². The van der Waals surface area contributed by atoms with Gasteiger partial charge in [-0.2, -0.15) is 0 Å². The van der Waals surface area contributed by atoms with Crippen LogP contribution in [0.25, 0.3) is 0 Å². The van der Waals surface area contributed by atoms with Gasteiger partial charge in [-0.25, -0.2) is 4.98 Å². The molecule has 1 unspecified atom stereocenters. The van der Waals surface area contributed by atoms with Crippen LogP contribution < -0.4 is 15.4 Å². The van der Waals surface area contributed by atoms with Crippen molar-refractivity contribution in [1.82, 2.24) is 4.98 Å². The van der Waals surface area contributed by atoms with E-state index in [9.17, 15) is 9.59 Å². The molecule has 4 aromatic rings. The van der Waals surface area contributed by atoms with Gasteiger partial charge < -0.3 is 15.4 Å². The average molecular weight is 470 g/mol. The number of pyridine rings is 1. The number of thioether (sulfide) groups is 1. The molecule has 2 N–H and O–H groups in total. The summed E-state index contributed by atoms with van der Waals surface area (Å²) in [4.78, 5) is 30.9. The van der Waals surface area contributed by atoms with Crippen LogP contribution in [0.4, 0.5) is 11.5 Å². The van der Waals surface area contributed by atoms with Crippen molar-refractivity contribution in [2.75, 3.05) is 17.7 Å². The number of carbonyl (C=O) groups excluding carboxylic acids is 2. The number of nitrogens with zero attached hydrogens (tertiary/aromatic N) is 1. The third-order valence-electron chi connectivity index (χ3n) is 4.93. The minimum atomic E-state index is -0.507. The monoisotopic (exact) mass is 469 g/mol. The zero-order valence-electron chi connectivity index (χ0n) is 18.5. The van der Waals surface area contributed by atoms with Gasteiger partial charge in [0.15, 0.2) is 0 Å². The van der Waals surface area contributed by atoms with E-state index in [0.717, 1.165) is 10.5 Å². The second-order valence-corrected chi connectivity index (χ2v) is 8.51. The molecule has 0 fully saturated rings. The summed E-state index contributed by atoms with van der Waals surface area (Å²) in [5.41, 5.74) is 2.00. The van der Waals surface area contributed by atoms with Crippen molar-refractivity contribution in [2.24, 2.45) is 0 Å². The van der Waals surface area contributed by atoms with E-state index in [1.807, 2.05) is 60.7 Å². The van der Waals surface area contributed by atoms with E-state index in [1.54, 1.807) is 49.7 Å². The van der Waals surface area contributed by atoms with Crippen molar-refractivity contribution in [1.29, 1.82) is 0 Å². The van der Waals surface area contributed by atoms with Crippen LogP contribution >= 0.6 is 11.8 Å². The number of rotatable bonds is 8. The molecule has 34 heavy (non-hydrogen) atoms. The molecule has 0 saturated heterocycles. The summed E-state index contributed by atoms with van der Waals surface area (Å²) >= 11 is 1.40. The van der Waals surface area contributed by atoms with Gasteiger partial charge in [0.2, 0.25) is 5.91 Å². The normalized spacial score (nSPS) is 11.3. The van der Waals surface area contributed by atoms with E-state index in [0.29, 0.717) is 22.8 Å². The van der Waals surface area contributed by atoms with Gasteiger partial charge in [-0.05, 0) is 54.1 Å². The molecule has 7 heteroatoms. The van der Waals surface area contributed by atoms with Crippen LogP contribution in [0.15, 0.2) is 108 Å². The fourth-order valence-corrected chi connectivity index (χ4v) is 4.36. The largest absolute Gasteiger partial charge is 0.497 e. The SMILES string of the molecule is COc1cccc(C(=O)Nc2cccc(SC(C(=O)Nc3ccccn3)c3ccccc3)c2)c1. The number of benzene rings is 3. The van der Waals surface area contributed by atoms with E-state index < -0.39 is 5.25 Å². The zero-order valence-corrected chi connectivity index (χ0v) is 19.3. The maximum Gasteiger partial charge on any atom is 0.255 e. The molecule has 1 aromatic heterocycles. The molecular weight excluding hydrogens is 446 g/mol. The molecule has 3 aromatic carbocycles. The van der Waals surface area contributed by atoms with Gasteiger partial charge in [-0.3, -0.25) is 9.59 Å². The van der Waals surface area contributed by atoms with Crippen molar-refractivity contribution < 1.29 is 14.3 Å². The lowest BCUT2D eigenvalue weighted by Crippen LogP contribution is -2.19. The lowest BCUT2D eigenvalue weighted by Gasteiger charge is -2.17. The highest BCUT2D eigenvalue weighted by Crippen LogP contribution is 2.37. The second kappa shape index (κ2) is 11.2. The predicted molar refractivity (Wildman–Crippen MR) is 135 cm³/mol. The topological polar surface area (TPSA) is 80.3 Å². The summed E-state index contributed by atoms with van der Waals surface area (Å²) in [7, 11) is 1.56. The Bertz CT molecular complexity index is 1270. The van der Waals surface area contributed by atoms with Crippen molar-refractivity contribution in [3.8, 4) is 5.75 Å². The number of hydrogen-bond donors (Lipinski definition) is 2. The summed E-state index contributed by atoms with van der Waals surface area (Å²) in [5.74, 6) is 0.684. The Morgan fingerprint density at radius 3 is 2.41 bits per heavy atom. The van der Waals surface area contributed by atoms with E-state index in [1.165, 1.54) is 11.8 Å². The highest BCUT2D eigenvalue weighted by atomic mass is 32.2. The lowest BCUT2D eigenvalue weighted by molar-refractivity contribution is -0.115. The number of carbonyl (C=O) groups is 2. The number of hydrogen-bond acceptors (Lipinski definition) is 5. The minimum absolute atomic E-state index is 0.180. The van der Waals surface area contributed by atoms with Crippen molar-refractivity contribution >= 4 is 35.1 Å². The first-order valence-electron chi connectivity index (χ1n) is 10.6. The highest BCUT2D eigenvalue weighted by molar-refractivity contribution is 8.00. The second-order valence-electron chi connectivity index (χ2n) is 7.33. The van der Waals surface area contributed by atoms with Crippen LogP contribution in [0.5, 0.6) is 5.75 Å². The average Bonchev–Trinajstić information content (AvgIpc) is 2.88. The van der Waals surface area contributed by atoms with Crippen LogP contribution in [0.2, 0.25) is 0 Å². The maximum absolute atomic E-state index is 13.2. The Morgan fingerprint density at radius 2 is 1.65 bits per heavy atom. The standard InChI is InChI=1S/C27H23N3O3S/c1-33-22-13-7-11-20(17-22)26(31)29-21-12-8-14-23(18-21)34-25(19-9-3-2-4-10-19)27(32)30-24-15-5-6-16-28-24/h2-18,25H,1H3,(H,29,31)(H,28,30,32). The van der Waals surface area contributed by atoms with Gasteiger partial charge >= 0.3 is 0 Å². The Kier molecular flexibility index (Phi) is 7.57. The molecule has 6 nitrogen and oxygen atoms in total. The molecule has 4 rings (SSSR count). The maximum atomic E-state index is 13.2. The Morgan fingerprint density at radius 1 is 0.853 bits per heavy atom. The summed E-state index contributed by atoms with van der Waals surface area (Å²) in [5, 5.41) is 5.29. The van der Waals surface area contributed by atoms with Crippen LogP contribution in [0.3, 0.4) is 0 Å². The van der Waals surface area contributed by atoms with Crippen molar-refractivity contribution in [3.63, 3.8) is 0 Å². The zero-order chi connectivity index (χ0) is 23.8. The lowest BCUT2D eigenvalue weighted by atomic mass is 10.1. The molecule has 0 aliphatic carbocycles. The molecule has 0 radical (unpaired) electrons. The summed E-state index contributed by atoms with van der Waals surface area (Å²) in [6.45, 7) is 0. The fourth-order valence-electron chi connectivity index (χ4n) is 3.28. The third-order valence-corrected chi connectivity index (χ3v) is 6.18. The number of nitrogens with one attached hydrogen (secondary N) is 2.